The van der Waals surface area contributed by atoms with Crippen LogP contribution in [0.2, 0.25) is 0 Å². The number of amides is 1. The minimum atomic E-state index is -0.952. The molecule has 3 rings (SSSR count). The molecule has 2 N–H and O–H groups in total. The van der Waals surface area contributed by atoms with Crippen molar-refractivity contribution in [1.29, 1.82) is 0 Å². The zero-order valence-electron chi connectivity index (χ0n) is 14.3. The molecule has 0 radical (unpaired) electrons. The Morgan fingerprint density at radius 1 is 1.12 bits per heavy atom. The Kier molecular flexibility index (Phi) is 4.47. The fourth-order valence-corrected chi connectivity index (χ4v) is 4.01. The average molecular weight is 332 g/mol. The lowest BCUT2D eigenvalue weighted by Crippen LogP contribution is -2.56. The van der Waals surface area contributed by atoms with Gasteiger partial charge in [0.15, 0.2) is 5.78 Å². The van der Waals surface area contributed by atoms with E-state index in [-0.39, 0.29) is 17.7 Å². The molecule has 1 saturated carbocycles. The highest BCUT2D eigenvalue weighted by Crippen LogP contribution is 2.31. The van der Waals surface area contributed by atoms with Gasteiger partial charge in [-0.3, -0.25) is 9.59 Å². The van der Waals surface area contributed by atoms with E-state index < -0.39 is 5.54 Å². The van der Waals surface area contributed by atoms with Crippen molar-refractivity contribution in [2.24, 2.45) is 0 Å². The van der Waals surface area contributed by atoms with E-state index in [9.17, 15) is 14.4 Å². The van der Waals surface area contributed by atoms with E-state index in [1.165, 1.54) is 7.11 Å². The van der Waals surface area contributed by atoms with E-state index in [0.29, 0.717) is 36.1 Å². The van der Waals surface area contributed by atoms with Gasteiger partial charge < -0.3 is 15.0 Å². The lowest BCUT2D eigenvalue weighted by atomic mass is 9.81. The number of aryl methyl sites for hydroxylation is 1. The van der Waals surface area contributed by atoms with Crippen LogP contribution in [0.4, 0.5) is 0 Å². The van der Waals surface area contributed by atoms with Crippen molar-refractivity contribution in [1.82, 2.24) is 10.3 Å². The summed E-state index contributed by atoms with van der Waals surface area (Å²) in [7, 11) is 1.35. The highest BCUT2D eigenvalue weighted by Gasteiger charge is 2.42. The SMILES string of the molecule is COC(=O)C1(NC(=O)c2[nH]c3c(c2C)C(=O)CCC3)CCCCC1. The van der Waals surface area contributed by atoms with Crippen LogP contribution in [0.3, 0.4) is 0 Å². The normalized spacial score (nSPS) is 19.5. The standard InChI is InChI=1S/C18H24N2O4/c1-11-14-12(7-6-8-13(14)21)19-15(11)16(22)20-18(17(23)24-2)9-4-3-5-10-18/h19H,3-10H2,1-2H3,(H,20,22). The average Bonchev–Trinajstić information content (AvgIpc) is 2.93. The van der Waals surface area contributed by atoms with Gasteiger partial charge in [0.2, 0.25) is 0 Å². The Bertz CT molecular complexity index is 683. The number of methoxy groups -OCH3 is 1. The van der Waals surface area contributed by atoms with E-state index in [2.05, 4.69) is 10.3 Å². The van der Waals surface area contributed by atoms with E-state index in [1.54, 1.807) is 6.92 Å². The summed E-state index contributed by atoms with van der Waals surface area (Å²) in [5.74, 6) is -0.632. The number of fused-ring (bicyclic) bond motifs is 1. The molecule has 6 heteroatoms. The van der Waals surface area contributed by atoms with E-state index >= 15 is 0 Å². The zero-order chi connectivity index (χ0) is 17.3. The van der Waals surface area contributed by atoms with E-state index in [4.69, 9.17) is 4.74 Å². The number of aromatic amines is 1. The molecule has 1 aromatic rings. The maximum absolute atomic E-state index is 12.8. The first-order valence-electron chi connectivity index (χ1n) is 8.64. The molecule has 0 saturated heterocycles. The number of carbonyl (C=O) groups is 3. The van der Waals surface area contributed by atoms with Gasteiger partial charge in [0.25, 0.3) is 5.91 Å². The van der Waals surface area contributed by atoms with Crippen LogP contribution in [0.15, 0.2) is 0 Å². The number of esters is 1. The number of hydrogen-bond acceptors (Lipinski definition) is 4. The topological polar surface area (TPSA) is 88.3 Å². The maximum Gasteiger partial charge on any atom is 0.331 e. The predicted octanol–water partition coefficient (Wildman–Crippen LogP) is 2.45. The van der Waals surface area contributed by atoms with Crippen molar-refractivity contribution < 1.29 is 19.1 Å². The number of carbonyl (C=O) groups excluding carboxylic acids is 3. The molecule has 0 unspecified atom stereocenters. The molecule has 0 bridgehead atoms. The summed E-state index contributed by atoms with van der Waals surface area (Å²) in [6.45, 7) is 1.79. The molecule has 0 spiro atoms. The Morgan fingerprint density at radius 2 is 1.83 bits per heavy atom. The summed E-state index contributed by atoms with van der Waals surface area (Å²) in [6, 6.07) is 0. The Labute approximate surface area is 141 Å². The lowest BCUT2D eigenvalue weighted by Gasteiger charge is -2.35. The number of aromatic nitrogens is 1. The second-order valence-electron chi connectivity index (χ2n) is 6.84. The van der Waals surface area contributed by atoms with Gasteiger partial charge >= 0.3 is 5.97 Å². The Morgan fingerprint density at radius 3 is 2.46 bits per heavy atom. The molecular formula is C18H24N2O4. The highest BCUT2D eigenvalue weighted by atomic mass is 16.5. The van der Waals surface area contributed by atoms with Crippen molar-refractivity contribution >= 4 is 17.7 Å². The molecule has 0 aliphatic heterocycles. The molecule has 1 amide bonds. The van der Waals surface area contributed by atoms with Gasteiger partial charge in [0, 0.05) is 17.7 Å². The molecule has 0 aromatic carbocycles. The lowest BCUT2D eigenvalue weighted by molar-refractivity contribution is -0.149. The highest BCUT2D eigenvalue weighted by molar-refractivity contribution is 6.05. The summed E-state index contributed by atoms with van der Waals surface area (Å²) in [4.78, 5) is 40.3. The molecule has 1 fully saturated rings. The van der Waals surface area contributed by atoms with Crippen molar-refractivity contribution in [2.75, 3.05) is 7.11 Å². The molecule has 6 nitrogen and oxygen atoms in total. The summed E-state index contributed by atoms with van der Waals surface area (Å²) in [6.07, 6.45) is 6.10. The summed E-state index contributed by atoms with van der Waals surface area (Å²) in [5.41, 5.74) is 1.62. The quantitative estimate of drug-likeness (QED) is 0.832. The number of Topliss-reactive ketones (excluding diaryl/α,β-unsaturated/α-hetero) is 1. The van der Waals surface area contributed by atoms with Crippen molar-refractivity contribution in [3.8, 4) is 0 Å². The number of hydrogen-bond donors (Lipinski definition) is 2. The third kappa shape index (κ3) is 2.74. The third-order valence-electron chi connectivity index (χ3n) is 5.30. The van der Waals surface area contributed by atoms with Crippen molar-refractivity contribution in [3.63, 3.8) is 0 Å². The van der Waals surface area contributed by atoms with Gasteiger partial charge in [-0.2, -0.15) is 0 Å². The molecule has 130 valence electrons. The fourth-order valence-electron chi connectivity index (χ4n) is 4.01. The Balaban J connectivity index is 1.89. The van der Waals surface area contributed by atoms with Crippen molar-refractivity contribution in [2.45, 2.75) is 63.8 Å². The minimum Gasteiger partial charge on any atom is -0.467 e. The number of rotatable bonds is 3. The molecule has 2 aliphatic rings. The maximum atomic E-state index is 12.8. The van der Waals surface area contributed by atoms with E-state index in [1.807, 2.05) is 0 Å². The summed E-state index contributed by atoms with van der Waals surface area (Å²) < 4.78 is 4.94. The smallest absolute Gasteiger partial charge is 0.331 e. The minimum absolute atomic E-state index is 0.0874. The molecule has 2 aliphatic carbocycles. The van der Waals surface area contributed by atoms with Crippen LogP contribution in [-0.4, -0.2) is 35.3 Å². The molecule has 0 atom stereocenters. The van der Waals surface area contributed by atoms with E-state index in [0.717, 1.165) is 37.8 Å². The van der Waals surface area contributed by atoms with Gasteiger partial charge in [-0.1, -0.05) is 19.3 Å². The molecule has 1 aromatic heterocycles. The molecule has 1 heterocycles. The number of nitrogens with one attached hydrogen (secondary N) is 2. The van der Waals surface area contributed by atoms with Gasteiger partial charge in [0.1, 0.15) is 11.2 Å². The van der Waals surface area contributed by atoms with Crippen LogP contribution >= 0.6 is 0 Å². The van der Waals surface area contributed by atoms with Gasteiger partial charge in [-0.15, -0.1) is 0 Å². The monoisotopic (exact) mass is 332 g/mol. The summed E-state index contributed by atoms with van der Waals surface area (Å²) in [5, 5.41) is 2.91. The van der Waals surface area contributed by atoms with Crippen LogP contribution in [0, 0.1) is 6.92 Å². The second kappa shape index (κ2) is 6.42. The van der Waals surface area contributed by atoms with Crippen LogP contribution in [0.1, 0.15) is 77.0 Å². The fraction of sp³-hybridized carbons (Fsp3) is 0.611. The van der Waals surface area contributed by atoms with Crippen LogP contribution in [0.25, 0.3) is 0 Å². The zero-order valence-corrected chi connectivity index (χ0v) is 14.3. The molecule has 24 heavy (non-hydrogen) atoms. The number of ether oxygens (including phenoxy) is 1. The third-order valence-corrected chi connectivity index (χ3v) is 5.30. The van der Waals surface area contributed by atoms with Crippen LogP contribution < -0.4 is 5.32 Å². The predicted molar refractivity (Wildman–Crippen MR) is 88.1 cm³/mol. The second-order valence-corrected chi connectivity index (χ2v) is 6.84. The first kappa shape index (κ1) is 16.7. The first-order valence-corrected chi connectivity index (χ1v) is 8.64. The molecular weight excluding hydrogens is 308 g/mol. The first-order chi connectivity index (χ1) is 11.5. The van der Waals surface area contributed by atoms with Gasteiger partial charge in [-0.05, 0) is 38.2 Å². The summed E-state index contributed by atoms with van der Waals surface area (Å²) >= 11 is 0. The van der Waals surface area contributed by atoms with Crippen LogP contribution in [-0.2, 0) is 16.0 Å². The van der Waals surface area contributed by atoms with Crippen molar-refractivity contribution in [3.05, 3.63) is 22.5 Å². The number of H-pyrrole nitrogens is 1. The largest absolute Gasteiger partial charge is 0.467 e. The Hall–Kier alpha value is -2.11. The number of ketones is 1. The van der Waals surface area contributed by atoms with Gasteiger partial charge in [0.05, 0.1) is 7.11 Å². The van der Waals surface area contributed by atoms with Gasteiger partial charge in [-0.25, -0.2) is 4.79 Å². The van der Waals surface area contributed by atoms with Crippen LogP contribution in [0.5, 0.6) is 0 Å².